The van der Waals surface area contributed by atoms with E-state index in [9.17, 15) is 14.0 Å². The molecule has 1 aromatic carbocycles. The van der Waals surface area contributed by atoms with Crippen LogP contribution in [0.5, 0.6) is 11.5 Å². The number of carbonyl (C=O) groups is 2. The molecule has 0 radical (unpaired) electrons. The molecule has 0 aliphatic heterocycles. The van der Waals surface area contributed by atoms with Crippen molar-refractivity contribution in [3.63, 3.8) is 0 Å². The lowest BCUT2D eigenvalue weighted by Gasteiger charge is -2.06. The first-order valence-electron chi connectivity index (χ1n) is 8.72. The van der Waals surface area contributed by atoms with Crippen LogP contribution in [0.1, 0.15) is 21.0 Å². The zero-order chi connectivity index (χ0) is 21.1. The van der Waals surface area contributed by atoms with E-state index >= 15 is 0 Å². The highest BCUT2D eigenvalue weighted by molar-refractivity contribution is 7.22. The van der Waals surface area contributed by atoms with Gasteiger partial charge in [0.05, 0.1) is 10.2 Å². The molecule has 2 N–H and O–H groups in total. The quantitative estimate of drug-likeness (QED) is 0.475. The van der Waals surface area contributed by atoms with Crippen LogP contribution in [0.25, 0.3) is 10.2 Å². The Bertz CT molecular complexity index is 1260. The third kappa shape index (κ3) is 4.23. The molecule has 0 spiro atoms. The maximum absolute atomic E-state index is 13.2. The highest BCUT2D eigenvalue weighted by Gasteiger charge is 2.13. The van der Waals surface area contributed by atoms with Crippen LogP contribution in [-0.4, -0.2) is 33.8 Å². The number of halogens is 1. The van der Waals surface area contributed by atoms with Crippen LogP contribution in [-0.2, 0) is 0 Å². The van der Waals surface area contributed by atoms with Crippen LogP contribution in [0.3, 0.4) is 0 Å². The molecular weight excluding hydrogens is 409 g/mol. The molecule has 3 aromatic heterocycles. The fraction of sp³-hybridized carbons (Fsp3) is 0.0500. The zero-order valence-corrected chi connectivity index (χ0v) is 16.4. The largest absolute Gasteiger partial charge is 0.457 e. The van der Waals surface area contributed by atoms with Gasteiger partial charge in [0.25, 0.3) is 11.8 Å². The zero-order valence-electron chi connectivity index (χ0n) is 15.5. The average molecular weight is 423 g/mol. The van der Waals surface area contributed by atoms with Gasteiger partial charge in [-0.3, -0.25) is 19.9 Å². The van der Waals surface area contributed by atoms with Crippen LogP contribution in [0.4, 0.5) is 9.52 Å². The van der Waals surface area contributed by atoms with Gasteiger partial charge in [-0.2, -0.15) is 4.39 Å². The monoisotopic (exact) mass is 423 g/mol. The summed E-state index contributed by atoms with van der Waals surface area (Å²) in [5.41, 5.74) is 0.864. The van der Waals surface area contributed by atoms with Crippen molar-refractivity contribution in [1.82, 2.24) is 20.3 Å². The van der Waals surface area contributed by atoms with Crippen molar-refractivity contribution in [3.8, 4) is 11.5 Å². The molecular formula is C20H14FN5O3S. The number of amides is 2. The number of carbonyl (C=O) groups excluding carboxylic acids is 2. The first-order valence-corrected chi connectivity index (χ1v) is 9.54. The third-order valence-corrected chi connectivity index (χ3v) is 4.89. The van der Waals surface area contributed by atoms with Gasteiger partial charge in [0, 0.05) is 25.4 Å². The SMILES string of the molecule is CNC(=O)c1cc(Oc2ccc3nc(NC(=O)c4cccc(F)n4)sc3c2)ccn1. The van der Waals surface area contributed by atoms with E-state index in [0.29, 0.717) is 22.1 Å². The molecule has 10 heteroatoms. The topological polar surface area (TPSA) is 106 Å². The predicted molar refractivity (Wildman–Crippen MR) is 109 cm³/mol. The van der Waals surface area contributed by atoms with Crippen LogP contribution < -0.4 is 15.4 Å². The molecule has 4 aromatic rings. The van der Waals surface area contributed by atoms with Crippen molar-refractivity contribution in [3.05, 3.63) is 72.1 Å². The number of benzene rings is 1. The van der Waals surface area contributed by atoms with E-state index in [1.807, 2.05) is 0 Å². The first-order chi connectivity index (χ1) is 14.5. The number of hydrogen-bond donors (Lipinski definition) is 2. The lowest BCUT2D eigenvalue weighted by molar-refractivity contribution is 0.0957. The number of nitrogens with one attached hydrogen (secondary N) is 2. The van der Waals surface area contributed by atoms with Crippen LogP contribution >= 0.6 is 11.3 Å². The van der Waals surface area contributed by atoms with Gasteiger partial charge in [-0.25, -0.2) is 9.97 Å². The van der Waals surface area contributed by atoms with E-state index in [2.05, 4.69) is 25.6 Å². The molecule has 8 nitrogen and oxygen atoms in total. The summed E-state index contributed by atoms with van der Waals surface area (Å²) in [4.78, 5) is 35.8. The second-order valence-corrected chi connectivity index (χ2v) is 7.04. The molecule has 0 saturated heterocycles. The molecule has 0 atom stereocenters. The van der Waals surface area contributed by atoms with E-state index < -0.39 is 11.9 Å². The minimum atomic E-state index is -0.732. The Morgan fingerprint density at radius 1 is 1.00 bits per heavy atom. The molecule has 0 aliphatic rings. The molecule has 150 valence electrons. The lowest BCUT2D eigenvalue weighted by atomic mass is 10.3. The first kappa shape index (κ1) is 19.4. The van der Waals surface area contributed by atoms with E-state index in [1.54, 1.807) is 24.3 Å². The van der Waals surface area contributed by atoms with Crippen LogP contribution in [0.2, 0.25) is 0 Å². The summed E-state index contributed by atoms with van der Waals surface area (Å²) in [6, 6.07) is 12.4. The minimum absolute atomic E-state index is 0.0390. The molecule has 4 rings (SSSR count). The second-order valence-electron chi connectivity index (χ2n) is 6.01. The summed E-state index contributed by atoms with van der Waals surface area (Å²) < 4.78 is 19.8. The highest BCUT2D eigenvalue weighted by Crippen LogP contribution is 2.31. The Kier molecular flexibility index (Phi) is 5.31. The number of rotatable bonds is 5. The molecule has 0 bridgehead atoms. The minimum Gasteiger partial charge on any atom is -0.457 e. The summed E-state index contributed by atoms with van der Waals surface area (Å²) in [5.74, 6) is -0.609. The van der Waals surface area contributed by atoms with Crippen molar-refractivity contribution in [2.45, 2.75) is 0 Å². The van der Waals surface area contributed by atoms with Gasteiger partial charge < -0.3 is 10.1 Å². The number of ether oxygens (including phenoxy) is 1. The predicted octanol–water partition coefficient (Wildman–Crippen LogP) is 3.63. The average Bonchev–Trinajstić information content (AvgIpc) is 3.14. The van der Waals surface area contributed by atoms with Gasteiger partial charge in [0.2, 0.25) is 5.95 Å². The normalized spacial score (nSPS) is 10.6. The van der Waals surface area contributed by atoms with Crippen molar-refractivity contribution in [2.75, 3.05) is 12.4 Å². The van der Waals surface area contributed by atoms with E-state index in [0.717, 1.165) is 10.8 Å². The van der Waals surface area contributed by atoms with Gasteiger partial charge >= 0.3 is 0 Å². The number of nitrogens with zero attached hydrogens (tertiary/aromatic N) is 3. The summed E-state index contributed by atoms with van der Waals surface area (Å²) in [5, 5.41) is 5.47. The van der Waals surface area contributed by atoms with Gasteiger partial charge in [-0.05, 0) is 30.3 Å². The van der Waals surface area contributed by atoms with Crippen molar-refractivity contribution in [2.24, 2.45) is 0 Å². The fourth-order valence-corrected chi connectivity index (χ4v) is 3.47. The number of anilines is 1. The Labute approximate surface area is 173 Å². The third-order valence-electron chi connectivity index (χ3n) is 3.95. The molecule has 0 saturated carbocycles. The molecule has 0 unspecified atom stereocenters. The molecule has 2 amide bonds. The van der Waals surface area contributed by atoms with Gasteiger partial charge in [-0.1, -0.05) is 17.4 Å². The van der Waals surface area contributed by atoms with Crippen molar-refractivity contribution < 1.29 is 18.7 Å². The number of pyridine rings is 2. The lowest BCUT2D eigenvalue weighted by Crippen LogP contribution is -2.18. The van der Waals surface area contributed by atoms with E-state index in [1.165, 1.54) is 42.8 Å². The smallest absolute Gasteiger partial charge is 0.276 e. The van der Waals surface area contributed by atoms with E-state index in [4.69, 9.17) is 4.74 Å². The Morgan fingerprint density at radius 2 is 1.83 bits per heavy atom. The summed E-state index contributed by atoms with van der Waals surface area (Å²) >= 11 is 1.24. The van der Waals surface area contributed by atoms with Crippen molar-refractivity contribution in [1.29, 1.82) is 0 Å². The highest BCUT2D eigenvalue weighted by atomic mass is 32.1. The molecule has 3 heterocycles. The fourth-order valence-electron chi connectivity index (χ4n) is 2.58. The van der Waals surface area contributed by atoms with Gasteiger partial charge in [0.15, 0.2) is 5.13 Å². The van der Waals surface area contributed by atoms with E-state index in [-0.39, 0.29) is 17.3 Å². The van der Waals surface area contributed by atoms with Crippen LogP contribution in [0.15, 0.2) is 54.7 Å². The molecule has 30 heavy (non-hydrogen) atoms. The number of aromatic nitrogens is 3. The second kappa shape index (κ2) is 8.21. The number of fused-ring (bicyclic) bond motifs is 1. The number of thiazole rings is 1. The summed E-state index contributed by atoms with van der Waals surface area (Å²) in [6.07, 6.45) is 1.49. The van der Waals surface area contributed by atoms with Crippen molar-refractivity contribution >= 4 is 38.5 Å². The van der Waals surface area contributed by atoms with Crippen LogP contribution in [0, 0.1) is 5.95 Å². The standard InChI is InChI=1S/C20H14FN5O3S/c1-22-18(27)15-9-12(7-8-23-15)29-11-5-6-13-16(10-11)30-20(25-13)26-19(28)14-3-2-4-17(21)24-14/h2-10H,1H3,(H,22,27)(H,25,26,28). The summed E-state index contributed by atoms with van der Waals surface area (Å²) in [6.45, 7) is 0. The van der Waals surface area contributed by atoms with Gasteiger partial charge in [0.1, 0.15) is 22.9 Å². The number of hydrogen-bond acceptors (Lipinski definition) is 7. The molecule has 0 aliphatic carbocycles. The van der Waals surface area contributed by atoms with Gasteiger partial charge in [-0.15, -0.1) is 0 Å². The Morgan fingerprint density at radius 3 is 2.63 bits per heavy atom. The Balaban J connectivity index is 1.53. The molecule has 0 fully saturated rings. The Hall–Kier alpha value is -3.92. The maximum Gasteiger partial charge on any atom is 0.276 e. The maximum atomic E-state index is 13.2. The summed E-state index contributed by atoms with van der Waals surface area (Å²) in [7, 11) is 1.52.